The summed E-state index contributed by atoms with van der Waals surface area (Å²) in [6.07, 6.45) is 1.15. The van der Waals surface area contributed by atoms with Crippen LogP contribution in [0, 0.1) is 11.6 Å². The second-order valence-electron chi connectivity index (χ2n) is 5.69. The highest BCUT2D eigenvalue weighted by Crippen LogP contribution is 2.36. The molecule has 0 saturated carbocycles. The average molecular weight is 266 g/mol. The van der Waals surface area contributed by atoms with E-state index in [0.717, 1.165) is 6.08 Å². The van der Waals surface area contributed by atoms with Gasteiger partial charge in [-0.3, -0.25) is 0 Å². The van der Waals surface area contributed by atoms with Crippen molar-refractivity contribution in [1.82, 2.24) is 0 Å². The van der Waals surface area contributed by atoms with Crippen LogP contribution >= 0.6 is 0 Å². The molecule has 0 amide bonds. The third-order valence-electron chi connectivity index (χ3n) is 3.83. The summed E-state index contributed by atoms with van der Waals surface area (Å²) in [5, 5.41) is 0. The fraction of sp³-hybridized carbons (Fsp3) is 0.429. The van der Waals surface area contributed by atoms with E-state index in [4.69, 9.17) is 9.31 Å². The molecule has 1 aliphatic rings. The van der Waals surface area contributed by atoms with Crippen molar-refractivity contribution < 1.29 is 18.1 Å². The Bertz CT molecular complexity index is 487. The normalized spacial score (nSPS) is 20.6. The minimum atomic E-state index is -0.770. The molecule has 1 aliphatic heterocycles. The van der Waals surface area contributed by atoms with Gasteiger partial charge in [-0.05, 0) is 45.3 Å². The molecule has 1 fully saturated rings. The predicted molar refractivity (Wildman–Crippen MR) is 72.2 cm³/mol. The Hall–Kier alpha value is -1.20. The average Bonchev–Trinajstić information content (AvgIpc) is 2.47. The summed E-state index contributed by atoms with van der Waals surface area (Å²) in [4.78, 5) is 0. The molecular formula is C14H17BF2O2. The zero-order valence-electron chi connectivity index (χ0n) is 11.6. The highest BCUT2D eigenvalue weighted by atomic mass is 19.1. The van der Waals surface area contributed by atoms with Gasteiger partial charge in [0.05, 0.1) is 11.2 Å². The van der Waals surface area contributed by atoms with Crippen LogP contribution in [0.4, 0.5) is 8.78 Å². The Kier molecular flexibility index (Phi) is 3.31. The first kappa shape index (κ1) is 14.2. The molecular weight excluding hydrogens is 249 g/mol. The van der Waals surface area contributed by atoms with Crippen molar-refractivity contribution in [3.05, 3.63) is 35.9 Å². The van der Waals surface area contributed by atoms with E-state index in [9.17, 15) is 8.78 Å². The number of rotatable bonds is 2. The van der Waals surface area contributed by atoms with Crippen LogP contribution in [0.5, 0.6) is 0 Å². The van der Waals surface area contributed by atoms with Crippen LogP contribution < -0.4 is 5.46 Å². The van der Waals surface area contributed by atoms with E-state index in [1.165, 1.54) is 12.1 Å². The van der Waals surface area contributed by atoms with Crippen LogP contribution in [-0.2, 0) is 9.31 Å². The molecule has 1 aromatic carbocycles. The van der Waals surface area contributed by atoms with Crippen molar-refractivity contribution in [2.45, 2.75) is 38.9 Å². The first-order valence-corrected chi connectivity index (χ1v) is 6.15. The Morgan fingerprint density at radius 1 is 1.05 bits per heavy atom. The molecule has 0 aliphatic carbocycles. The van der Waals surface area contributed by atoms with E-state index < -0.39 is 30.0 Å². The fourth-order valence-electron chi connectivity index (χ4n) is 1.91. The van der Waals surface area contributed by atoms with Crippen LogP contribution in [-0.4, -0.2) is 18.3 Å². The predicted octanol–water partition coefficient (Wildman–Crippen LogP) is 2.91. The Balaban J connectivity index is 2.38. The molecule has 102 valence electrons. The van der Waals surface area contributed by atoms with Gasteiger partial charge in [0.2, 0.25) is 0 Å². The minimum absolute atomic E-state index is 0.139. The van der Waals surface area contributed by atoms with Gasteiger partial charge in [-0.2, -0.15) is 0 Å². The molecule has 1 heterocycles. The van der Waals surface area contributed by atoms with Crippen LogP contribution in [0.25, 0.3) is 6.08 Å². The maximum absolute atomic E-state index is 13.7. The lowest BCUT2D eigenvalue weighted by atomic mass is 9.78. The Labute approximate surface area is 112 Å². The van der Waals surface area contributed by atoms with Gasteiger partial charge < -0.3 is 9.31 Å². The highest BCUT2D eigenvalue weighted by molar-refractivity contribution is 6.62. The molecule has 1 aromatic rings. The summed E-state index contributed by atoms with van der Waals surface area (Å²) in [6, 6.07) is 2.45. The van der Waals surface area contributed by atoms with Gasteiger partial charge in [-0.1, -0.05) is 12.7 Å². The lowest BCUT2D eigenvalue weighted by Gasteiger charge is -2.32. The summed E-state index contributed by atoms with van der Waals surface area (Å²) in [6.45, 7) is 10.9. The topological polar surface area (TPSA) is 18.5 Å². The lowest BCUT2D eigenvalue weighted by Crippen LogP contribution is -2.41. The van der Waals surface area contributed by atoms with E-state index in [1.54, 1.807) is 0 Å². The van der Waals surface area contributed by atoms with Crippen LogP contribution in [0.3, 0.4) is 0 Å². The van der Waals surface area contributed by atoms with Gasteiger partial charge in [0.1, 0.15) is 11.6 Å². The van der Waals surface area contributed by atoms with E-state index in [-0.39, 0.29) is 5.56 Å². The molecule has 2 rings (SSSR count). The monoisotopic (exact) mass is 266 g/mol. The van der Waals surface area contributed by atoms with Crippen molar-refractivity contribution >= 4 is 18.7 Å². The van der Waals surface area contributed by atoms with Crippen molar-refractivity contribution in [3.8, 4) is 0 Å². The molecule has 2 nitrogen and oxygen atoms in total. The molecule has 19 heavy (non-hydrogen) atoms. The van der Waals surface area contributed by atoms with E-state index in [2.05, 4.69) is 6.58 Å². The third kappa shape index (κ3) is 2.32. The molecule has 0 N–H and O–H groups in total. The van der Waals surface area contributed by atoms with Crippen molar-refractivity contribution in [1.29, 1.82) is 0 Å². The highest BCUT2D eigenvalue weighted by Gasteiger charge is 2.51. The third-order valence-corrected chi connectivity index (χ3v) is 3.83. The van der Waals surface area contributed by atoms with Gasteiger partial charge >= 0.3 is 7.12 Å². The first-order chi connectivity index (χ1) is 8.68. The summed E-state index contributed by atoms with van der Waals surface area (Å²) < 4.78 is 39.0. The summed E-state index contributed by atoms with van der Waals surface area (Å²) in [5.74, 6) is -1.33. The molecule has 0 atom stereocenters. The number of hydrogen-bond acceptors (Lipinski definition) is 2. The van der Waals surface area contributed by atoms with Crippen molar-refractivity contribution in [3.63, 3.8) is 0 Å². The van der Waals surface area contributed by atoms with Crippen molar-refractivity contribution in [2.24, 2.45) is 0 Å². The maximum atomic E-state index is 13.7. The Morgan fingerprint density at radius 3 is 1.84 bits per heavy atom. The summed E-state index contributed by atoms with van der Waals surface area (Å²) in [7, 11) is -0.770. The van der Waals surface area contributed by atoms with E-state index in [1.807, 2.05) is 27.7 Å². The zero-order chi connectivity index (χ0) is 14.4. The van der Waals surface area contributed by atoms with Crippen molar-refractivity contribution in [2.75, 3.05) is 0 Å². The van der Waals surface area contributed by atoms with Crippen LogP contribution in [0.15, 0.2) is 18.7 Å². The van der Waals surface area contributed by atoms with Gasteiger partial charge in [-0.25, -0.2) is 8.78 Å². The molecule has 0 spiro atoms. The molecule has 0 aromatic heterocycles. The largest absolute Gasteiger partial charge is 0.495 e. The molecule has 1 saturated heterocycles. The van der Waals surface area contributed by atoms with E-state index >= 15 is 0 Å². The standard InChI is InChI=1S/C14H17BF2O2/c1-6-10-11(16)7-9(8-12(10)17)15-18-13(2,3)14(4,5)19-15/h6-8H,1H2,2-5H3. The fourth-order valence-corrected chi connectivity index (χ4v) is 1.91. The molecule has 0 unspecified atom stereocenters. The van der Waals surface area contributed by atoms with Gasteiger partial charge in [0, 0.05) is 5.56 Å². The SMILES string of the molecule is C=Cc1c(F)cc(B2OC(C)(C)C(C)(C)O2)cc1F. The first-order valence-electron chi connectivity index (χ1n) is 6.15. The molecule has 0 radical (unpaired) electrons. The minimum Gasteiger partial charge on any atom is -0.399 e. The maximum Gasteiger partial charge on any atom is 0.495 e. The van der Waals surface area contributed by atoms with Gasteiger partial charge in [0.15, 0.2) is 0 Å². The summed E-state index contributed by atoms with van der Waals surface area (Å²) in [5.41, 5.74) is -0.886. The number of halogens is 2. The Morgan fingerprint density at radius 2 is 1.47 bits per heavy atom. The number of hydrogen-bond donors (Lipinski definition) is 0. The van der Waals surface area contributed by atoms with E-state index in [0.29, 0.717) is 5.46 Å². The quantitative estimate of drug-likeness (QED) is 0.766. The second-order valence-corrected chi connectivity index (χ2v) is 5.69. The smallest absolute Gasteiger partial charge is 0.399 e. The van der Waals surface area contributed by atoms with Crippen LogP contribution in [0.2, 0.25) is 0 Å². The molecule has 5 heteroatoms. The number of benzene rings is 1. The molecule has 0 bridgehead atoms. The second kappa shape index (κ2) is 4.42. The van der Waals surface area contributed by atoms with Crippen LogP contribution in [0.1, 0.15) is 33.3 Å². The lowest BCUT2D eigenvalue weighted by molar-refractivity contribution is 0.00578. The zero-order valence-corrected chi connectivity index (χ0v) is 11.6. The summed E-state index contributed by atoms with van der Waals surface area (Å²) >= 11 is 0. The van der Waals surface area contributed by atoms with Gasteiger partial charge in [-0.15, -0.1) is 0 Å². The van der Waals surface area contributed by atoms with Gasteiger partial charge in [0.25, 0.3) is 0 Å².